The molecular formula is C11H18N5O11P3. The third-order valence-corrected chi connectivity index (χ3v) is 7.67. The Hall–Kier alpha value is -1.28. The van der Waals surface area contributed by atoms with E-state index in [2.05, 4.69) is 28.1 Å². The van der Waals surface area contributed by atoms with Crippen LogP contribution in [0.1, 0.15) is 12.8 Å². The molecule has 2 aromatic rings. The third kappa shape index (κ3) is 6.36. The van der Waals surface area contributed by atoms with E-state index in [-0.39, 0.29) is 11.9 Å². The highest BCUT2D eigenvalue weighted by molar-refractivity contribution is 7.66. The van der Waals surface area contributed by atoms with Gasteiger partial charge in [-0.3, -0.25) is 4.52 Å². The maximum Gasteiger partial charge on any atom is 0.490 e. The topological polar surface area (TPSA) is 239 Å². The van der Waals surface area contributed by atoms with Gasteiger partial charge in [-0.15, -0.1) is 0 Å². The van der Waals surface area contributed by atoms with Gasteiger partial charge in [-0.25, -0.2) is 28.6 Å². The summed E-state index contributed by atoms with van der Waals surface area (Å²) in [4.78, 5) is 47.7. The van der Waals surface area contributed by atoms with Gasteiger partial charge < -0.3 is 34.6 Å². The number of imidazole rings is 1. The molecule has 1 aliphatic rings. The summed E-state index contributed by atoms with van der Waals surface area (Å²) in [6.07, 6.45) is 2.87. The third-order valence-electron chi connectivity index (χ3n) is 3.86. The smallest absolute Gasteiger partial charge is 0.382 e. The highest BCUT2D eigenvalue weighted by Gasteiger charge is 2.41. The van der Waals surface area contributed by atoms with Crippen molar-refractivity contribution in [2.24, 2.45) is 0 Å². The van der Waals surface area contributed by atoms with Crippen molar-refractivity contribution < 1.29 is 51.2 Å². The zero-order chi connectivity index (χ0) is 22.2. The van der Waals surface area contributed by atoms with Gasteiger partial charge in [0.05, 0.1) is 31.7 Å². The van der Waals surface area contributed by atoms with Gasteiger partial charge in [-0.2, -0.15) is 8.62 Å². The van der Waals surface area contributed by atoms with Crippen molar-refractivity contribution in [1.82, 2.24) is 19.5 Å². The molecule has 2 aromatic heterocycles. The largest absolute Gasteiger partial charge is 0.490 e. The van der Waals surface area contributed by atoms with E-state index in [4.69, 9.17) is 25.2 Å². The maximum absolute atomic E-state index is 11.7. The summed E-state index contributed by atoms with van der Waals surface area (Å²) in [5, 5.41) is 0. The second kappa shape index (κ2) is 8.69. The van der Waals surface area contributed by atoms with E-state index in [9.17, 15) is 18.6 Å². The molecule has 1 aliphatic heterocycles. The number of nitrogens with two attached hydrogens (primary N) is 1. The minimum absolute atomic E-state index is 0.236. The molecule has 4 atom stereocenters. The molecule has 3 heterocycles. The summed E-state index contributed by atoms with van der Waals surface area (Å²) in [5.74, 6) is 0.236. The Bertz CT molecular complexity index is 1060. The molecule has 0 aliphatic carbocycles. The van der Waals surface area contributed by atoms with Gasteiger partial charge in [-0.1, -0.05) is 0 Å². The first-order valence-corrected chi connectivity index (χ1v) is 12.7. The first-order chi connectivity index (χ1) is 13.8. The van der Waals surface area contributed by atoms with Crippen LogP contribution in [0.15, 0.2) is 12.7 Å². The van der Waals surface area contributed by atoms with Crippen molar-refractivity contribution >= 4 is 40.4 Å². The minimum Gasteiger partial charge on any atom is -0.382 e. The second-order valence-corrected chi connectivity index (χ2v) is 10.6. The van der Waals surface area contributed by atoms with Crippen LogP contribution in [-0.4, -0.2) is 57.9 Å². The van der Waals surface area contributed by atoms with Gasteiger partial charge in [0.15, 0.2) is 11.5 Å². The minimum atomic E-state index is -5.55. The van der Waals surface area contributed by atoms with Crippen molar-refractivity contribution in [2.45, 2.75) is 31.6 Å². The number of fused-ring (bicyclic) bond motifs is 1. The molecule has 0 bridgehead atoms. The van der Waals surface area contributed by atoms with Crippen molar-refractivity contribution in [1.29, 1.82) is 0 Å². The van der Waals surface area contributed by atoms with Gasteiger partial charge in [0.2, 0.25) is 0 Å². The number of phosphoric acid groups is 3. The van der Waals surface area contributed by atoms with Gasteiger partial charge in [0.25, 0.3) is 0 Å². The lowest BCUT2D eigenvalue weighted by atomic mass is 10.2. The zero-order valence-electron chi connectivity index (χ0n) is 15.0. The summed E-state index contributed by atoms with van der Waals surface area (Å²) in [6.45, 7) is -0.126. The molecule has 168 valence electrons. The van der Waals surface area contributed by atoms with Crippen LogP contribution in [0.3, 0.4) is 0 Å². The Morgan fingerprint density at radius 3 is 2.47 bits per heavy atom. The van der Waals surface area contributed by atoms with Gasteiger partial charge in [0, 0.05) is 0 Å². The van der Waals surface area contributed by atoms with Crippen LogP contribution in [0.4, 0.5) is 5.82 Å². The van der Waals surface area contributed by atoms with E-state index in [0.29, 0.717) is 30.6 Å². The molecule has 1 saturated heterocycles. The summed E-state index contributed by atoms with van der Waals surface area (Å²) < 4.78 is 52.9. The lowest BCUT2D eigenvalue weighted by molar-refractivity contribution is 0.00471. The average molecular weight is 489 g/mol. The van der Waals surface area contributed by atoms with Gasteiger partial charge in [0.1, 0.15) is 11.8 Å². The first-order valence-electron chi connectivity index (χ1n) is 8.19. The zero-order valence-corrected chi connectivity index (χ0v) is 17.7. The number of aromatic nitrogens is 4. The fourth-order valence-electron chi connectivity index (χ4n) is 2.77. The van der Waals surface area contributed by atoms with Crippen LogP contribution < -0.4 is 5.73 Å². The van der Waals surface area contributed by atoms with Crippen LogP contribution >= 0.6 is 23.5 Å². The highest BCUT2D eigenvalue weighted by atomic mass is 31.3. The number of anilines is 1. The number of phosphoric ester groups is 1. The average Bonchev–Trinajstić information content (AvgIpc) is 3.18. The molecule has 19 heteroatoms. The summed E-state index contributed by atoms with van der Waals surface area (Å²) in [5.41, 5.74) is 6.69. The lowest BCUT2D eigenvalue weighted by Crippen LogP contribution is -2.20. The quantitative estimate of drug-likeness (QED) is 0.298. The molecule has 6 N–H and O–H groups in total. The Labute approximate surface area is 168 Å². The number of hydrogen-bond acceptors (Lipinski definition) is 11. The van der Waals surface area contributed by atoms with Crippen LogP contribution in [-0.2, 0) is 38.1 Å². The SMILES string of the molecule is Nc1ncnc2c1ncn2C[C@H]1CC[C@@H](COP(=O)(O)OP(=O)(O)OP(=O)(O)O)O1. The Morgan fingerprint density at radius 1 is 1.07 bits per heavy atom. The van der Waals surface area contributed by atoms with Crippen molar-refractivity contribution in [3.8, 4) is 0 Å². The van der Waals surface area contributed by atoms with Crippen molar-refractivity contribution in [2.75, 3.05) is 12.3 Å². The van der Waals surface area contributed by atoms with E-state index in [1.807, 2.05) is 0 Å². The predicted octanol–water partition coefficient (Wildman–Crippen LogP) is 0.299. The monoisotopic (exact) mass is 489 g/mol. The molecule has 30 heavy (non-hydrogen) atoms. The van der Waals surface area contributed by atoms with E-state index < -0.39 is 36.2 Å². The number of ether oxygens (including phenoxy) is 1. The molecule has 0 radical (unpaired) electrons. The van der Waals surface area contributed by atoms with E-state index in [1.165, 1.54) is 12.7 Å². The van der Waals surface area contributed by atoms with Crippen LogP contribution in [0.5, 0.6) is 0 Å². The molecule has 1 fully saturated rings. The molecule has 16 nitrogen and oxygen atoms in total. The summed E-state index contributed by atoms with van der Waals surface area (Å²) in [6, 6.07) is 0. The number of hydrogen-bond donors (Lipinski definition) is 5. The normalized spacial score (nSPS) is 24.0. The standard InChI is InChI=1S/C11H18N5O11P3/c12-10-9-11(14-5-13-10)16(6-15-9)3-7-1-2-8(25-7)4-24-29(20,21)27-30(22,23)26-28(17,18)19/h5-8H,1-4H2,(H,20,21)(H,22,23)(H2,12,13,14)(H2,17,18,19)/t7-,8+/m1/s1. The predicted molar refractivity (Wildman–Crippen MR) is 97.4 cm³/mol. The van der Waals surface area contributed by atoms with Crippen LogP contribution in [0.2, 0.25) is 0 Å². The Morgan fingerprint density at radius 2 is 1.77 bits per heavy atom. The highest BCUT2D eigenvalue weighted by Crippen LogP contribution is 2.66. The maximum atomic E-state index is 11.7. The first kappa shape index (κ1) is 23.4. The molecule has 0 aromatic carbocycles. The molecule has 0 saturated carbocycles. The molecule has 0 spiro atoms. The van der Waals surface area contributed by atoms with E-state index >= 15 is 0 Å². The molecule has 3 rings (SSSR count). The van der Waals surface area contributed by atoms with Crippen LogP contribution in [0.25, 0.3) is 11.2 Å². The molecule has 0 amide bonds. The Kier molecular flexibility index (Phi) is 6.77. The van der Waals surface area contributed by atoms with Gasteiger partial charge in [-0.05, 0) is 12.8 Å². The fraction of sp³-hybridized carbons (Fsp3) is 0.545. The number of rotatable bonds is 9. The second-order valence-electron chi connectivity index (χ2n) is 6.17. The van der Waals surface area contributed by atoms with Crippen molar-refractivity contribution in [3.05, 3.63) is 12.7 Å². The lowest BCUT2D eigenvalue weighted by Gasteiger charge is -2.18. The fourth-order valence-corrected chi connectivity index (χ4v) is 5.82. The number of nitrogens with zero attached hydrogens (tertiary/aromatic N) is 4. The molecular weight excluding hydrogens is 471 g/mol. The van der Waals surface area contributed by atoms with Gasteiger partial charge >= 0.3 is 23.5 Å². The van der Waals surface area contributed by atoms with Crippen molar-refractivity contribution in [3.63, 3.8) is 0 Å². The summed E-state index contributed by atoms with van der Waals surface area (Å²) >= 11 is 0. The number of nitrogen functional groups attached to an aromatic ring is 1. The Balaban J connectivity index is 1.52. The van der Waals surface area contributed by atoms with E-state index in [0.717, 1.165) is 0 Å². The van der Waals surface area contributed by atoms with E-state index in [1.54, 1.807) is 4.57 Å². The summed E-state index contributed by atoms with van der Waals surface area (Å²) in [7, 11) is -16.2. The van der Waals surface area contributed by atoms with Crippen LogP contribution in [0, 0.1) is 0 Å². The molecule has 2 unspecified atom stereocenters.